The zero-order valence-electron chi connectivity index (χ0n) is 23.5. The quantitative estimate of drug-likeness (QED) is 0.338. The fourth-order valence-corrected chi connectivity index (χ4v) is 6.65. The molecule has 216 valence electrons. The molecule has 0 unspecified atom stereocenters. The Morgan fingerprint density at radius 3 is 2.71 bits per heavy atom. The molecule has 0 radical (unpaired) electrons. The largest absolute Gasteiger partial charge is 0.491 e. The molecule has 2 atom stereocenters. The summed E-state index contributed by atoms with van der Waals surface area (Å²) in [7, 11) is 0. The van der Waals surface area contributed by atoms with Crippen LogP contribution < -0.4 is 14.2 Å². The van der Waals surface area contributed by atoms with Crippen LogP contribution >= 0.6 is 11.3 Å². The first-order valence-corrected chi connectivity index (χ1v) is 15.2. The molecule has 2 aromatic carbocycles. The number of hydrogen-bond acceptors (Lipinski definition) is 7. The minimum atomic E-state index is -0.229. The third-order valence-corrected chi connectivity index (χ3v) is 9.05. The minimum Gasteiger partial charge on any atom is -0.491 e. The maximum Gasteiger partial charge on any atom is 0.254 e. The summed E-state index contributed by atoms with van der Waals surface area (Å²) in [5, 5.41) is 2.08. The zero-order valence-corrected chi connectivity index (χ0v) is 24.4. The van der Waals surface area contributed by atoms with Crippen molar-refractivity contribution in [2.45, 2.75) is 51.2 Å². The average molecular weight is 577 g/mol. The normalized spacial score (nSPS) is 19.3. The van der Waals surface area contributed by atoms with Crippen LogP contribution in [0.15, 0.2) is 53.9 Å². The van der Waals surface area contributed by atoms with E-state index in [9.17, 15) is 9.59 Å². The van der Waals surface area contributed by atoms with Crippen LogP contribution in [0.3, 0.4) is 0 Å². The van der Waals surface area contributed by atoms with Gasteiger partial charge in [0.2, 0.25) is 12.7 Å². The molecule has 3 aliphatic heterocycles. The molecule has 1 aromatic heterocycles. The molecule has 3 aromatic rings. The highest BCUT2D eigenvalue weighted by Crippen LogP contribution is 2.35. The molecule has 0 spiro atoms. The molecule has 6 rings (SSSR count). The number of carbonyl (C=O) groups is 2. The molecule has 0 N–H and O–H groups in total. The molecule has 41 heavy (non-hydrogen) atoms. The second-order valence-corrected chi connectivity index (χ2v) is 12.1. The Morgan fingerprint density at radius 2 is 1.93 bits per heavy atom. The van der Waals surface area contributed by atoms with Gasteiger partial charge in [-0.05, 0) is 78.1 Å². The van der Waals surface area contributed by atoms with E-state index in [1.165, 1.54) is 10.4 Å². The van der Waals surface area contributed by atoms with Gasteiger partial charge in [-0.1, -0.05) is 26.0 Å². The van der Waals surface area contributed by atoms with E-state index in [4.69, 9.17) is 18.9 Å². The van der Waals surface area contributed by atoms with Crippen molar-refractivity contribution in [1.29, 1.82) is 0 Å². The lowest BCUT2D eigenvalue weighted by molar-refractivity contribution is -0.135. The Morgan fingerprint density at radius 1 is 1.10 bits per heavy atom. The molecule has 0 saturated carbocycles. The number of ether oxygens (including phenoxy) is 4. The lowest BCUT2D eigenvalue weighted by Gasteiger charge is -2.37. The maximum absolute atomic E-state index is 14.0. The van der Waals surface area contributed by atoms with Crippen molar-refractivity contribution in [3.05, 3.63) is 75.5 Å². The first-order chi connectivity index (χ1) is 20.0. The monoisotopic (exact) mass is 576 g/mol. The highest BCUT2D eigenvalue weighted by atomic mass is 32.1. The van der Waals surface area contributed by atoms with Gasteiger partial charge in [0.1, 0.15) is 18.9 Å². The van der Waals surface area contributed by atoms with Crippen molar-refractivity contribution in [2.24, 2.45) is 0 Å². The third kappa shape index (κ3) is 6.06. The van der Waals surface area contributed by atoms with E-state index in [0.29, 0.717) is 49.3 Å². The SMILES string of the molecule is CC(C)c1ccc(OC[C@H]2c3ccsc3CCN2C(=O)CN(C[C@@H]2CCCO2)C(=O)c2ccc3c(c2)OCO3)cc1. The molecular formula is C32H36N2O6S. The van der Waals surface area contributed by atoms with E-state index < -0.39 is 0 Å². The van der Waals surface area contributed by atoms with Crippen molar-refractivity contribution in [1.82, 2.24) is 9.80 Å². The molecule has 2 amide bonds. The lowest BCUT2D eigenvalue weighted by Crippen LogP contribution is -2.49. The van der Waals surface area contributed by atoms with Crippen LogP contribution in [0.2, 0.25) is 0 Å². The molecule has 3 aliphatic rings. The van der Waals surface area contributed by atoms with Gasteiger partial charge < -0.3 is 28.7 Å². The van der Waals surface area contributed by atoms with Crippen molar-refractivity contribution < 1.29 is 28.5 Å². The molecular weight excluding hydrogens is 540 g/mol. The van der Waals surface area contributed by atoms with Crippen LogP contribution in [-0.4, -0.2) is 67.4 Å². The molecule has 0 bridgehead atoms. The maximum atomic E-state index is 14.0. The van der Waals surface area contributed by atoms with Gasteiger partial charge in [0.25, 0.3) is 5.91 Å². The molecule has 1 fully saturated rings. The summed E-state index contributed by atoms with van der Waals surface area (Å²) in [5.74, 6) is 2.06. The Hall–Kier alpha value is -3.56. The average Bonchev–Trinajstić information content (AvgIpc) is 3.77. The Balaban J connectivity index is 1.20. The van der Waals surface area contributed by atoms with E-state index in [1.54, 1.807) is 34.4 Å². The number of amides is 2. The predicted molar refractivity (Wildman–Crippen MR) is 156 cm³/mol. The topological polar surface area (TPSA) is 77.5 Å². The Kier molecular flexibility index (Phi) is 8.16. The number of hydrogen-bond donors (Lipinski definition) is 0. The van der Waals surface area contributed by atoms with Crippen molar-refractivity contribution in [3.8, 4) is 17.2 Å². The summed E-state index contributed by atoms with van der Waals surface area (Å²) in [6.07, 6.45) is 2.53. The molecule has 9 heteroatoms. The van der Waals surface area contributed by atoms with Gasteiger partial charge in [0, 0.05) is 30.1 Å². The Labute approximate surface area is 244 Å². The van der Waals surface area contributed by atoms with Crippen LogP contribution in [0.1, 0.15) is 65.0 Å². The van der Waals surface area contributed by atoms with E-state index in [0.717, 1.165) is 30.6 Å². The molecule has 4 heterocycles. The van der Waals surface area contributed by atoms with E-state index in [1.807, 2.05) is 17.0 Å². The summed E-state index contributed by atoms with van der Waals surface area (Å²) >= 11 is 1.72. The van der Waals surface area contributed by atoms with Crippen LogP contribution in [0.25, 0.3) is 0 Å². The van der Waals surface area contributed by atoms with Crippen LogP contribution in [0.4, 0.5) is 0 Å². The van der Waals surface area contributed by atoms with Crippen molar-refractivity contribution in [3.63, 3.8) is 0 Å². The van der Waals surface area contributed by atoms with Gasteiger partial charge in [-0.3, -0.25) is 9.59 Å². The first kappa shape index (κ1) is 27.6. The first-order valence-electron chi connectivity index (χ1n) is 14.4. The summed E-state index contributed by atoms with van der Waals surface area (Å²) in [5.41, 5.74) is 2.84. The van der Waals surface area contributed by atoms with Gasteiger partial charge >= 0.3 is 0 Å². The minimum absolute atomic E-state index is 0.0355. The second-order valence-electron chi connectivity index (χ2n) is 11.1. The van der Waals surface area contributed by atoms with Gasteiger partial charge in [0.05, 0.1) is 12.1 Å². The van der Waals surface area contributed by atoms with Crippen LogP contribution in [-0.2, 0) is 16.0 Å². The van der Waals surface area contributed by atoms with Crippen molar-refractivity contribution >= 4 is 23.2 Å². The lowest BCUT2D eigenvalue weighted by atomic mass is 10.00. The number of carbonyl (C=O) groups excluding carboxylic acids is 2. The number of fused-ring (bicyclic) bond motifs is 2. The summed E-state index contributed by atoms with van der Waals surface area (Å²) in [6.45, 7) is 6.39. The summed E-state index contributed by atoms with van der Waals surface area (Å²) in [6, 6.07) is 15.2. The summed E-state index contributed by atoms with van der Waals surface area (Å²) < 4.78 is 23.0. The number of rotatable bonds is 9. The number of benzene rings is 2. The highest BCUT2D eigenvalue weighted by molar-refractivity contribution is 7.10. The summed E-state index contributed by atoms with van der Waals surface area (Å²) in [4.78, 5) is 32.5. The fraction of sp³-hybridized carbons (Fsp3) is 0.438. The zero-order chi connectivity index (χ0) is 28.3. The Bertz CT molecular complexity index is 1380. The third-order valence-electron chi connectivity index (χ3n) is 8.05. The molecule has 0 aliphatic carbocycles. The predicted octanol–water partition coefficient (Wildman–Crippen LogP) is 5.43. The highest BCUT2D eigenvalue weighted by Gasteiger charge is 2.35. The van der Waals surface area contributed by atoms with Crippen LogP contribution in [0.5, 0.6) is 17.2 Å². The van der Waals surface area contributed by atoms with Gasteiger partial charge in [-0.2, -0.15) is 0 Å². The number of thiophene rings is 1. The fourth-order valence-electron chi connectivity index (χ4n) is 5.72. The standard InChI is InChI=1S/C32H36N2O6S/c1-21(2)22-5-8-24(9-6-22)38-19-27-26-12-15-41-30(26)11-13-34(27)31(35)18-33(17-25-4-3-14-37-25)32(36)23-7-10-28-29(16-23)40-20-39-28/h5-10,12,15-16,21,25,27H,3-4,11,13-14,17-20H2,1-2H3/t25-,27-/m0/s1. The van der Waals surface area contributed by atoms with Gasteiger partial charge in [-0.15, -0.1) is 11.3 Å². The molecule has 8 nitrogen and oxygen atoms in total. The van der Waals surface area contributed by atoms with E-state index in [-0.39, 0.29) is 37.3 Å². The second kappa shape index (κ2) is 12.1. The van der Waals surface area contributed by atoms with Gasteiger partial charge in [0.15, 0.2) is 11.5 Å². The van der Waals surface area contributed by atoms with Crippen molar-refractivity contribution in [2.75, 3.05) is 39.6 Å². The molecule has 1 saturated heterocycles. The van der Waals surface area contributed by atoms with E-state index >= 15 is 0 Å². The van der Waals surface area contributed by atoms with E-state index in [2.05, 4.69) is 37.4 Å². The van der Waals surface area contributed by atoms with Gasteiger partial charge in [-0.25, -0.2) is 0 Å². The number of nitrogens with zero attached hydrogens (tertiary/aromatic N) is 2. The van der Waals surface area contributed by atoms with Crippen LogP contribution in [0, 0.1) is 0 Å². The smallest absolute Gasteiger partial charge is 0.254 e.